The molecule has 2 aromatic carbocycles. The molecule has 2 aromatic rings. The van der Waals surface area contributed by atoms with Gasteiger partial charge in [-0.15, -0.1) is 20.5 Å². The van der Waals surface area contributed by atoms with E-state index in [0.29, 0.717) is 49.2 Å². The smallest absolute Gasteiger partial charge is 0.315 e. The summed E-state index contributed by atoms with van der Waals surface area (Å²) in [5.74, 6) is 0.891. The summed E-state index contributed by atoms with van der Waals surface area (Å²) in [6.07, 6.45) is 11.0. The van der Waals surface area contributed by atoms with Crippen LogP contribution in [-0.4, -0.2) is 29.1 Å². The highest BCUT2D eigenvalue weighted by molar-refractivity contribution is 5.76. The van der Waals surface area contributed by atoms with Crippen LogP contribution in [0.25, 0.3) is 45.1 Å². The molecule has 0 aromatic heterocycles. The summed E-state index contributed by atoms with van der Waals surface area (Å²) in [5.41, 5.74) is 2.70. The molecule has 20 nitrogen and oxygen atoms in total. The lowest BCUT2D eigenvalue weighted by molar-refractivity contribution is -2.00. The molecule has 4 heterocycles. The molecule has 4 aliphatic rings. The first kappa shape index (κ1) is 46.0. The quantitative estimate of drug-likeness (QED) is 0.0553. The molecule has 58 heavy (non-hydrogen) atoms. The lowest BCUT2D eigenvalue weighted by Crippen LogP contribution is -2.68. The Bertz CT molecular complexity index is 2280. The molecule has 4 aliphatic heterocycles. The molecule has 22 heteroatoms. The van der Waals surface area contributed by atoms with E-state index in [4.69, 9.17) is 37.3 Å². The van der Waals surface area contributed by atoms with Crippen LogP contribution in [0.15, 0.2) is 67.7 Å². The van der Waals surface area contributed by atoms with Gasteiger partial charge >= 0.3 is 33.9 Å². The van der Waals surface area contributed by atoms with Crippen molar-refractivity contribution in [2.24, 2.45) is 0 Å². The number of aromatic nitrogens is 8. The zero-order valence-electron chi connectivity index (χ0n) is 31.9. The number of fused-ring (bicyclic) bond motifs is 4. The Morgan fingerprint density at radius 3 is 1.12 bits per heavy atom. The van der Waals surface area contributed by atoms with E-state index >= 15 is 0 Å². The molecule has 0 aliphatic carbocycles. The fourth-order valence-corrected chi connectivity index (χ4v) is 7.11. The first-order valence-electron chi connectivity index (χ1n) is 18.6. The molecule has 0 fully saturated rings. The Balaban J connectivity index is 0.000000665. The molecule has 314 valence electrons. The third-order valence-corrected chi connectivity index (χ3v) is 9.33. The van der Waals surface area contributed by atoms with E-state index < -0.39 is 43.0 Å². The van der Waals surface area contributed by atoms with Gasteiger partial charge in [-0.1, -0.05) is 75.6 Å². The molecular weight excluding hydrogens is 807 g/mol. The molecule has 0 radical (unpaired) electrons. The lowest BCUT2D eigenvalue weighted by Gasteiger charge is -2.17. The fourth-order valence-electron chi connectivity index (χ4n) is 7.11. The van der Waals surface area contributed by atoms with E-state index in [1.807, 2.05) is 80.6 Å². The second-order valence-electron chi connectivity index (χ2n) is 13.1. The van der Waals surface area contributed by atoms with E-state index in [1.54, 1.807) is 0 Å². The van der Waals surface area contributed by atoms with Crippen LogP contribution in [0, 0.1) is 20.5 Å². The van der Waals surface area contributed by atoms with Crippen molar-refractivity contribution in [2.75, 3.05) is 0 Å². The zero-order valence-corrected chi connectivity index (χ0v) is 33.4. The van der Waals surface area contributed by atoms with Crippen molar-refractivity contribution < 1.29 is 66.9 Å². The Kier molecular flexibility index (Phi) is 16.5. The first-order chi connectivity index (χ1) is 27.4. The maximum atomic E-state index is 12.8. The standard InChI is InChI=1S/C36H42N8O4.2ClHO4/c1-3-41-25-19-13-15-21-27(25)43(31-29(41)33(45)39-35(47)37-31)23-17-11-9-7-5-6-8-10-12-18-24-44-28-22-16-14-20-26(28)42(4-2)30-32(44)38-36(48)40-34(30)46;2*2-1(3,4)5/h13-16,19-22H,3-12,17-18,23-24H2,1-2H3;2*(H,2,3,4,5). The minimum atomic E-state index is -4.94. The van der Waals surface area contributed by atoms with Gasteiger partial charge in [0.2, 0.25) is 22.7 Å². The Morgan fingerprint density at radius 2 is 0.810 bits per heavy atom. The third-order valence-electron chi connectivity index (χ3n) is 9.33. The molecular formula is C36H44Cl2N8O12. The average molecular weight is 852 g/mol. The van der Waals surface area contributed by atoms with Gasteiger partial charge in [-0.3, -0.25) is 19.6 Å². The normalized spacial score (nSPS) is 11.8. The summed E-state index contributed by atoms with van der Waals surface area (Å²) < 4.78 is 75.9. The number of para-hydroxylation sites is 4. The SMILES string of the molecule is CC[n+]1c2c(=O)[nH]c(=O)nc-2n(CCCCCCCCCCCCn2c3nc(=O)[nH]c(=O)c-3[n+](CC)c3ccccc32)c2ccccc21.[O-][Cl+3]([O-])([O-])[O-].[O-][Cl+3]([O-])([O-])[O-]. The van der Waals surface area contributed by atoms with Gasteiger partial charge in [0.15, 0.2) is 0 Å². The van der Waals surface area contributed by atoms with Crippen LogP contribution in [0.4, 0.5) is 0 Å². The van der Waals surface area contributed by atoms with Crippen LogP contribution in [0.3, 0.4) is 0 Å². The van der Waals surface area contributed by atoms with Crippen molar-refractivity contribution >= 4 is 22.1 Å². The van der Waals surface area contributed by atoms with Crippen LogP contribution in [0.1, 0.15) is 78.1 Å². The molecule has 0 unspecified atom stereocenters. The predicted molar refractivity (Wildman–Crippen MR) is 184 cm³/mol. The number of aromatic amines is 2. The van der Waals surface area contributed by atoms with Gasteiger partial charge in [-0.05, 0) is 38.8 Å². The molecule has 0 spiro atoms. The Labute approximate surface area is 334 Å². The van der Waals surface area contributed by atoms with E-state index in [2.05, 4.69) is 19.9 Å². The second kappa shape index (κ2) is 20.8. The van der Waals surface area contributed by atoms with Gasteiger partial charge < -0.3 is 9.13 Å². The van der Waals surface area contributed by atoms with E-state index in [9.17, 15) is 19.2 Å². The van der Waals surface area contributed by atoms with Gasteiger partial charge in [0.05, 0.1) is 0 Å². The lowest BCUT2D eigenvalue weighted by atomic mass is 10.1. The molecule has 0 bridgehead atoms. The summed E-state index contributed by atoms with van der Waals surface area (Å²) in [7, 11) is -9.89. The van der Waals surface area contributed by atoms with Crippen molar-refractivity contribution in [1.82, 2.24) is 29.1 Å². The van der Waals surface area contributed by atoms with Crippen LogP contribution in [0.5, 0.6) is 0 Å². The van der Waals surface area contributed by atoms with Crippen molar-refractivity contribution in [3.63, 3.8) is 0 Å². The number of hydrogen-bond acceptors (Lipinski definition) is 14. The highest BCUT2D eigenvalue weighted by Crippen LogP contribution is 2.22. The van der Waals surface area contributed by atoms with Crippen LogP contribution < -0.4 is 68.9 Å². The zero-order chi connectivity index (χ0) is 42.6. The molecule has 2 N–H and O–H groups in total. The maximum Gasteiger partial charge on any atom is 0.350 e. The highest BCUT2D eigenvalue weighted by Gasteiger charge is 2.30. The summed E-state index contributed by atoms with van der Waals surface area (Å²) in [4.78, 5) is 63.0. The summed E-state index contributed by atoms with van der Waals surface area (Å²) >= 11 is 0. The average Bonchev–Trinajstić information content (AvgIpc) is 3.13. The predicted octanol–water partition coefficient (Wildman–Crippen LogP) is -5.60. The summed E-state index contributed by atoms with van der Waals surface area (Å²) in [6.45, 7) is 6.57. The van der Waals surface area contributed by atoms with Crippen molar-refractivity contribution in [3.05, 3.63) is 90.2 Å². The Hall–Kier alpha value is -4.74. The fraction of sp³-hybridized carbons (Fsp3) is 0.444. The maximum absolute atomic E-state index is 12.8. The van der Waals surface area contributed by atoms with Crippen LogP contribution in [-0.2, 0) is 26.2 Å². The number of rotatable bonds is 15. The number of H-pyrrole nitrogens is 2. The third kappa shape index (κ3) is 12.9. The highest BCUT2D eigenvalue weighted by atomic mass is 35.7. The molecule has 0 saturated heterocycles. The molecule has 0 saturated carbocycles. The van der Waals surface area contributed by atoms with Crippen LogP contribution in [0.2, 0.25) is 0 Å². The van der Waals surface area contributed by atoms with Crippen molar-refractivity contribution in [1.29, 1.82) is 0 Å². The van der Waals surface area contributed by atoms with E-state index in [-0.39, 0.29) is 0 Å². The number of nitrogens with one attached hydrogen (secondary N) is 2. The number of aryl methyl sites for hydroxylation is 4. The summed E-state index contributed by atoms with van der Waals surface area (Å²) in [6, 6.07) is 16.0. The molecule has 0 amide bonds. The molecule has 6 rings (SSSR count). The first-order valence-corrected chi connectivity index (χ1v) is 21.0. The van der Waals surface area contributed by atoms with Crippen molar-refractivity contribution in [2.45, 2.75) is 104 Å². The Morgan fingerprint density at radius 1 is 0.517 bits per heavy atom. The number of halogens is 2. The van der Waals surface area contributed by atoms with Gasteiger partial charge in [0.1, 0.15) is 24.1 Å². The number of hydrogen-bond donors (Lipinski definition) is 2. The second-order valence-corrected chi connectivity index (χ2v) is 14.7. The van der Waals surface area contributed by atoms with Crippen molar-refractivity contribution in [3.8, 4) is 23.0 Å². The van der Waals surface area contributed by atoms with Gasteiger partial charge in [-0.25, -0.2) is 46.9 Å². The monoisotopic (exact) mass is 850 g/mol. The number of nitrogens with zero attached hydrogens (tertiary/aromatic N) is 6. The number of benzene rings is 2. The number of unbranched alkanes of at least 4 members (excludes halogenated alkanes) is 9. The van der Waals surface area contributed by atoms with E-state index in [1.165, 1.54) is 25.7 Å². The van der Waals surface area contributed by atoms with Crippen LogP contribution >= 0.6 is 0 Å². The van der Waals surface area contributed by atoms with Gasteiger partial charge in [-0.2, -0.15) is 19.1 Å². The topological polar surface area (TPSA) is 328 Å². The van der Waals surface area contributed by atoms with Gasteiger partial charge in [0.25, 0.3) is 0 Å². The largest absolute Gasteiger partial charge is 0.350 e. The minimum absolute atomic E-state index is 0.400. The minimum Gasteiger partial charge on any atom is -0.315 e. The van der Waals surface area contributed by atoms with Gasteiger partial charge in [0, 0.05) is 25.2 Å². The molecule has 0 atom stereocenters. The summed E-state index contributed by atoms with van der Waals surface area (Å²) in [5, 5.41) is 0. The van der Waals surface area contributed by atoms with E-state index in [0.717, 1.165) is 60.6 Å².